The Morgan fingerprint density at radius 3 is 2.54 bits per heavy atom. The number of aromatic nitrogens is 1. The molecule has 0 atom stereocenters. The Morgan fingerprint density at radius 1 is 1.15 bits per heavy atom. The maximum Gasteiger partial charge on any atom is 0.184 e. The summed E-state index contributed by atoms with van der Waals surface area (Å²) in [6, 6.07) is 7.64. The van der Waals surface area contributed by atoms with E-state index in [1.807, 2.05) is 24.3 Å². The van der Waals surface area contributed by atoms with Gasteiger partial charge in [0.1, 0.15) is 0 Å². The molecular weight excluding hydrogens is 225 g/mol. The third-order valence-corrected chi connectivity index (χ3v) is 3.09. The van der Waals surface area contributed by atoms with Crippen molar-refractivity contribution in [3.05, 3.63) is 40.0 Å². The summed E-state index contributed by atoms with van der Waals surface area (Å²) in [5, 5.41) is 0.725. The molecule has 66 valence electrons. The van der Waals surface area contributed by atoms with Crippen LogP contribution in [0.2, 0.25) is 9.49 Å². The first-order valence-electron chi connectivity index (χ1n) is 3.63. The summed E-state index contributed by atoms with van der Waals surface area (Å²) in [6.45, 7) is 0. The number of benzene rings is 1. The number of halogens is 2. The minimum Gasteiger partial charge on any atom is -0.233 e. The molecule has 1 heterocycles. The molecule has 0 aliphatic rings. The van der Waals surface area contributed by atoms with E-state index in [-0.39, 0.29) is 0 Å². The molecule has 0 spiro atoms. The van der Waals surface area contributed by atoms with Crippen LogP contribution in [0.4, 0.5) is 0 Å². The number of thiazole rings is 1. The molecule has 2 rings (SSSR count). The van der Waals surface area contributed by atoms with Gasteiger partial charge in [0, 0.05) is 16.8 Å². The van der Waals surface area contributed by atoms with Crippen molar-refractivity contribution in [2.75, 3.05) is 0 Å². The van der Waals surface area contributed by atoms with Crippen LogP contribution in [0.5, 0.6) is 0 Å². The van der Waals surface area contributed by atoms with Crippen LogP contribution in [-0.2, 0) is 0 Å². The molecule has 4 heteroatoms. The summed E-state index contributed by atoms with van der Waals surface area (Å²) in [4.78, 5) is 4.96. The van der Waals surface area contributed by atoms with E-state index in [9.17, 15) is 0 Å². The van der Waals surface area contributed by atoms with Crippen molar-refractivity contribution < 1.29 is 0 Å². The molecule has 0 saturated heterocycles. The second-order valence-electron chi connectivity index (χ2n) is 2.46. The lowest BCUT2D eigenvalue weighted by molar-refractivity contribution is 1.42. The molecule has 0 amide bonds. The molecule has 0 radical (unpaired) electrons. The van der Waals surface area contributed by atoms with E-state index in [1.165, 1.54) is 11.3 Å². The van der Waals surface area contributed by atoms with Crippen molar-refractivity contribution in [1.82, 2.24) is 4.98 Å². The SMILES string of the molecule is Clc1ncc(-c2ccccc2Cl)s1. The first kappa shape index (κ1) is 9.00. The Kier molecular flexibility index (Phi) is 2.54. The van der Waals surface area contributed by atoms with Crippen molar-refractivity contribution in [1.29, 1.82) is 0 Å². The van der Waals surface area contributed by atoms with E-state index in [1.54, 1.807) is 6.20 Å². The monoisotopic (exact) mass is 229 g/mol. The van der Waals surface area contributed by atoms with Gasteiger partial charge in [-0.3, -0.25) is 0 Å². The fourth-order valence-electron chi connectivity index (χ4n) is 1.04. The van der Waals surface area contributed by atoms with E-state index >= 15 is 0 Å². The highest BCUT2D eigenvalue weighted by Crippen LogP contribution is 2.33. The van der Waals surface area contributed by atoms with Crippen LogP contribution in [-0.4, -0.2) is 4.98 Å². The molecule has 0 aliphatic carbocycles. The van der Waals surface area contributed by atoms with E-state index in [0.29, 0.717) is 4.47 Å². The maximum absolute atomic E-state index is 6.00. The molecule has 0 saturated carbocycles. The predicted molar refractivity (Wildman–Crippen MR) is 57.6 cm³/mol. The molecule has 1 aromatic heterocycles. The van der Waals surface area contributed by atoms with Gasteiger partial charge in [0.05, 0.1) is 4.88 Å². The second kappa shape index (κ2) is 3.66. The lowest BCUT2D eigenvalue weighted by Gasteiger charge is -1.97. The molecule has 2 aromatic rings. The summed E-state index contributed by atoms with van der Waals surface area (Å²) < 4.78 is 0.537. The predicted octanol–water partition coefficient (Wildman–Crippen LogP) is 4.12. The Morgan fingerprint density at radius 2 is 1.92 bits per heavy atom. The van der Waals surface area contributed by atoms with Gasteiger partial charge < -0.3 is 0 Å². The Labute approximate surface area is 90.0 Å². The van der Waals surface area contributed by atoms with Gasteiger partial charge >= 0.3 is 0 Å². The quantitative estimate of drug-likeness (QED) is 0.718. The van der Waals surface area contributed by atoms with Crippen molar-refractivity contribution >= 4 is 34.5 Å². The molecule has 0 unspecified atom stereocenters. The van der Waals surface area contributed by atoms with Gasteiger partial charge in [-0.1, -0.05) is 41.4 Å². The van der Waals surface area contributed by atoms with Gasteiger partial charge in [-0.2, -0.15) is 0 Å². The molecule has 1 nitrogen and oxygen atoms in total. The average Bonchev–Trinajstić information content (AvgIpc) is 2.53. The Bertz CT molecular complexity index is 425. The van der Waals surface area contributed by atoms with Crippen LogP contribution in [0.3, 0.4) is 0 Å². The van der Waals surface area contributed by atoms with Gasteiger partial charge in [-0.25, -0.2) is 4.98 Å². The van der Waals surface area contributed by atoms with Gasteiger partial charge in [-0.05, 0) is 6.07 Å². The van der Waals surface area contributed by atoms with Crippen LogP contribution >= 0.6 is 34.5 Å². The lowest BCUT2D eigenvalue weighted by atomic mass is 10.2. The largest absolute Gasteiger partial charge is 0.233 e. The number of hydrogen-bond donors (Lipinski definition) is 0. The summed E-state index contributed by atoms with van der Waals surface area (Å²) in [7, 11) is 0. The van der Waals surface area contributed by atoms with E-state index < -0.39 is 0 Å². The number of hydrogen-bond acceptors (Lipinski definition) is 2. The molecule has 0 bridgehead atoms. The topological polar surface area (TPSA) is 12.9 Å². The minimum atomic E-state index is 0.537. The zero-order valence-corrected chi connectivity index (χ0v) is 8.83. The standard InChI is InChI=1S/C9H5Cl2NS/c10-7-4-2-1-3-6(7)8-5-12-9(11)13-8/h1-5H. The second-order valence-corrected chi connectivity index (χ2v) is 4.48. The molecule has 1 aromatic carbocycles. The fourth-order valence-corrected chi connectivity index (χ4v) is 2.31. The summed E-state index contributed by atoms with van der Waals surface area (Å²) in [6.07, 6.45) is 1.73. The molecule has 13 heavy (non-hydrogen) atoms. The summed E-state index contributed by atoms with van der Waals surface area (Å²) in [5.74, 6) is 0. The third-order valence-electron chi connectivity index (χ3n) is 1.62. The number of nitrogens with zero attached hydrogens (tertiary/aromatic N) is 1. The van der Waals surface area contributed by atoms with Gasteiger partial charge in [0.25, 0.3) is 0 Å². The highest BCUT2D eigenvalue weighted by molar-refractivity contribution is 7.18. The summed E-state index contributed by atoms with van der Waals surface area (Å²) in [5.41, 5.74) is 0.980. The van der Waals surface area contributed by atoms with Crippen LogP contribution in [0.15, 0.2) is 30.5 Å². The molecular formula is C9H5Cl2NS. The average molecular weight is 230 g/mol. The minimum absolute atomic E-state index is 0.537. The van der Waals surface area contributed by atoms with Crippen LogP contribution in [0.1, 0.15) is 0 Å². The summed E-state index contributed by atoms with van der Waals surface area (Å²) >= 11 is 13.2. The normalized spacial score (nSPS) is 10.3. The highest BCUT2D eigenvalue weighted by atomic mass is 35.5. The zero-order chi connectivity index (χ0) is 9.26. The van der Waals surface area contributed by atoms with E-state index in [2.05, 4.69) is 4.98 Å². The molecule has 0 fully saturated rings. The third kappa shape index (κ3) is 1.85. The smallest absolute Gasteiger partial charge is 0.184 e. The van der Waals surface area contributed by atoms with Gasteiger partial charge in [-0.15, -0.1) is 11.3 Å². The van der Waals surface area contributed by atoms with E-state index in [4.69, 9.17) is 23.2 Å². The molecule has 0 N–H and O–H groups in total. The van der Waals surface area contributed by atoms with E-state index in [0.717, 1.165) is 15.5 Å². The number of rotatable bonds is 1. The van der Waals surface area contributed by atoms with Gasteiger partial charge in [0.2, 0.25) is 0 Å². The Balaban J connectivity index is 2.52. The maximum atomic E-state index is 6.00. The van der Waals surface area contributed by atoms with Crippen LogP contribution in [0, 0.1) is 0 Å². The first-order valence-corrected chi connectivity index (χ1v) is 5.21. The highest BCUT2D eigenvalue weighted by Gasteiger charge is 2.05. The fraction of sp³-hybridized carbons (Fsp3) is 0. The van der Waals surface area contributed by atoms with Crippen molar-refractivity contribution in [2.24, 2.45) is 0 Å². The van der Waals surface area contributed by atoms with Crippen molar-refractivity contribution in [3.8, 4) is 10.4 Å². The van der Waals surface area contributed by atoms with Gasteiger partial charge in [0.15, 0.2) is 4.47 Å². The lowest BCUT2D eigenvalue weighted by Crippen LogP contribution is -1.72. The van der Waals surface area contributed by atoms with Crippen molar-refractivity contribution in [3.63, 3.8) is 0 Å². The van der Waals surface area contributed by atoms with Crippen LogP contribution in [0.25, 0.3) is 10.4 Å². The van der Waals surface area contributed by atoms with Crippen molar-refractivity contribution in [2.45, 2.75) is 0 Å². The first-order chi connectivity index (χ1) is 6.27. The van der Waals surface area contributed by atoms with Crippen LogP contribution < -0.4 is 0 Å². The Hall–Kier alpha value is -0.570. The zero-order valence-electron chi connectivity index (χ0n) is 6.50. The molecule has 0 aliphatic heterocycles.